The first-order chi connectivity index (χ1) is 10.8. The van der Waals surface area contributed by atoms with Crippen LogP contribution in [0.2, 0.25) is 0 Å². The highest BCUT2D eigenvalue weighted by Crippen LogP contribution is 2.38. The largest absolute Gasteiger partial charge is 0.465 e. The van der Waals surface area contributed by atoms with Crippen molar-refractivity contribution >= 4 is 18.0 Å². The number of hydrogen-bond acceptors (Lipinski definition) is 4. The number of carbonyl (C=O) groups is 3. The van der Waals surface area contributed by atoms with Gasteiger partial charge in [0.25, 0.3) is 0 Å². The normalized spacial score (nSPS) is 21.5. The lowest BCUT2D eigenvalue weighted by atomic mass is 9.77. The second kappa shape index (κ2) is 7.40. The number of ketones is 1. The van der Waals surface area contributed by atoms with Crippen molar-refractivity contribution in [1.29, 1.82) is 0 Å². The summed E-state index contributed by atoms with van der Waals surface area (Å²) in [6, 6.07) is -0.208. The van der Waals surface area contributed by atoms with Gasteiger partial charge >= 0.3 is 12.2 Å². The molecule has 0 aromatic carbocycles. The number of nitrogens with zero attached hydrogens (tertiary/aromatic N) is 1. The Morgan fingerprint density at radius 3 is 2.21 bits per heavy atom. The van der Waals surface area contributed by atoms with Crippen LogP contribution >= 0.6 is 0 Å². The van der Waals surface area contributed by atoms with E-state index in [4.69, 9.17) is 4.74 Å². The molecule has 0 bridgehead atoms. The molecule has 2 atom stereocenters. The monoisotopic (exact) mass is 342 g/mol. The Morgan fingerprint density at radius 2 is 1.75 bits per heavy atom. The van der Waals surface area contributed by atoms with Gasteiger partial charge in [-0.1, -0.05) is 20.8 Å². The van der Waals surface area contributed by atoms with Crippen molar-refractivity contribution in [1.82, 2.24) is 10.2 Å². The molecule has 1 saturated heterocycles. The minimum Gasteiger partial charge on any atom is -0.465 e. The molecule has 2 N–H and O–H groups in total. The maximum Gasteiger partial charge on any atom is 0.408 e. The van der Waals surface area contributed by atoms with Crippen molar-refractivity contribution in [3.8, 4) is 0 Å². The van der Waals surface area contributed by atoms with Crippen molar-refractivity contribution in [3.63, 3.8) is 0 Å². The molecule has 0 aromatic rings. The first-order valence-electron chi connectivity index (χ1n) is 8.29. The summed E-state index contributed by atoms with van der Waals surface area (Å²) in [5, 5.41) is 11.8. The van der Waals surface area contributed by atoms with Crippen LogP contribution in [0.3, 0.4) is 0 Å². The minimum absolute atomic E-state index is 0.0333. The topological polar surface area (TPSA) is 95.9 Å². The molecule has 1 aliphatic heterocycles. The van der Waals surface area contributed by atoms with E-state index in [1.54, 1.807) is 20.8 Å². The predicted molar refractivity (Wildman–Crippen MR) is 89.9 cm³/mol. The zero-order chi connectivity index (χ0) is 18.7. The highest BCUT2D eigenvalue weighted by Gasteiger charge is 2.44. The lowest BCUT2D eigenvalue weighted by Gasteiger charge is -2.37. The number of nitrogens with one attached hydrogen (secondary N) is 1. The number of alkyl carbamates (subject to hydrolysis) is 1. The Kier molecular flexibility index (Phi) is 6.25. The van der Waals surface area contributed by atoms with E-state index in [9.17, 15) is 19.5 Å². The number of amides is 2. The van der Waals surface area contributed by atoms with Crippen LogP contribution in [0.25, 0.3) is 0 Å². The molecule has 1 fully saturated rings. The molecule has 0 radical (unpaired) electrons. The van der Waals surface area contributed by atoms with E-state index in [1.807, 2.05) is 20.8 Å². The molecular weight excluding hydrogens is 312 g/mol. The van der Waals surface area contributed by atoms with Crippen molar-refractivity contribution < 1.29 is 24.2 Å². The van der Waals surface area contributed by atoms with Crippen LogP contribution in [0.4, 0.5) is 9.59 Å². The molecule has 0 unspecified atom stereocenters. The fourth-order valence-electron chi connectivity index (χ4n) is 3.31. The van der Waals surface area contributed by atoms with E-state index in [1.165, 1.54) is 4.90 Å². The second-order valence-corrected chi connectivity index (χ2v) is 8.43. The number of hydrogen-bond donors (Lipinski definition) is 2. The highest BCUT2D eigenvalue weighted by atomic mass is 16.6. The number of rotatable bonds is 4. The van der Waals surface area contributed by atoms with Gasteiger partial charge < -0.3 is 20.1 Å². The number of carboxylic acid groups (broad SMARTS) is 1. The van der Waals surface area contributed by atoms with Crippen LogP contribution in [0.1, 0.15) is 54.4 Å². The minimum atomic E-state index is -0.947. The molecule has 0 spiro atoms. The van der Waals surface area contributed by atoms with E-state index in [0.29, 0.717) is 13.0 Å². The Balaban J connectivity index is 2.60. The fourth-order valence-corrected chi connectivity index (χ4v) is 3.31. The summed E-state index contributed by atoms with van der Waals surface area (Å²) in [4.78, 5) is 36.6. The molecule has 7 nitrogen and oxygen atoms in total. The van der Waals surface area contributed by atoms with Crippen LogP contribution in [-0.2, 0) is 9.53 Å². The summed E-state index contributed by atoms with van der Waals surface area (Å²) >= 11 is 0. The first kappa shape index (κ1) is 20.3. The van der Waals surface area contributed by atoms with Crippen LogP contribution in [0.5, 0.6) is 0 Å². The number of ether oxygens (including phenoxy) is 1. The smallest absolute Gasteiger partial charge is 0.408 e. The summed E-state index contributed by atoms with van der Waals surface area (Å²) in [5.74, 6) is -0.151. The van der Waals surface area contributed by atoms with E-state index < -0.39 is 17.8 Å². The van der Waals surface area contributed by atoms with Crippen molar-refractivity contribution in [2.24, 2.45) is 11.3 Å². The maximum absolute atomic E-state index is 12.2. The lowest BCUT2D eigenvalue weighted by Crippen LogP contribution is -2.46. The van der Waals surface area contributed by atoms with Crippen LogP contribution in [-0.4, -0.2) is 52.7 Å². The van der Waals surface area contributed by atoms with E-state index >= 15 is 0 Å². The van der Waals surface area contributed by atoms with Gasteiger partial charge in [0, 0.05) is 19.0 Å². The Labute approximate surface area is 143 Å². The van der Waals surface area contributed by atoms with Crippen molar-refractivity contribution in [2.45, 2.75) is 66.0 Å². The number of carbonyl (C=O) groups excluding carboxylic acids is 2. The first-order valence-corrected chi connectivity index (χ1v) is 8.29. The third-order valence-electron chi connectivity index (χ3n) is 3.97. The third kappa shape index (κ3) is 6.02. The molecule has 1 rings (SSSR count). The van der Waals surface area contributed by atoms with E-state index in [-0.39, 0.29) is 36.1 Å². The van der Waals surface area contributed by atoms with E-state index in [0.717, 1.165) is 0 Å². The molecule has 1 aliphatic rings. The molecule has 138 valence electrons. The second-order valence-electron chi connectivity index (χ2n) is 8.43. The summed E-state index contributed by atoms with van der Waals surface area (Å²) in [6.45, 7) is 11.5. The highest BCUT2D eigenvalue weighted by molar-refractivity contribution is 5.84. The summed E-state index contributed by atoms with van der Waals surface area (Å²) in [6.07, 6.45) is -0.660. The zero-order valence-corrected chi connectivity index (χ0v) is 15.5. The quantitative estimate of drug-likeness (QED) is 0.819. The summed E-state index contributed by atoms with van der Waals surface area (Å²) < 4.78 is 5.09. The van der Waals surface area contributed by atoms with Crippen molar-refractivity contribution in [2.75, 3.05) is 13.1 Å². The Morgan fingerprint density at radius 1 is 1.17 bits per heavy atom. The molecule has 2 amide bonds. The van der Waals surface area contributed by atoms with Gasteiger partial charge in [-0.15, -0.1) is 0 Å². The number of Topliss-reactive ketones (excluding diaryl/α,β-unsaturated/α-hetero) is 1. The average Bonchev–Trinajstić information content (AvgIpc) is 2.78. The summed E-state index contributed by atoms with van der Waals surface area (Å²) in [5.41, 5.74) is -0.865. The van der Waals surface area contributed by atoms with Gasteiger partial charge in [-0.2, -0.15) is 0 Å². The standard InChI is InChI=1S/C17H30N2O5/c1-16(2,3)13-11(7-8-19(13)15(22)23)9-12(20)10-18-14(21)24-17(4,5)6/h11,13H,7-10H2,1-6H3,(H,18,21)(H,22,23)/t11-,13-/m0/s1. The molecule has 0 saturated carbocycles. The Bertz CT molecular complexity index is 490. The molecule has 0 aliphatic carbocycles. The maximum atomic E-state index is 12.2. The van der Waals surface area contributed by atoms with Gasteiger partial charge in [-0.05, 0) is 38.5 Å². The average molecular weight is 342 g/mol. The fraction of sp³-hybridized carbons (Fsp3) is 0.824. The van der Waals surface area contributed by atoms with Gasteiger partial charge in [0.2, 0.25) is 0 Å². The molecular formula is C17H30N2O5. The third-order valence-corrected chi connectivity index (χ3v) is 3.97. The van der Waals surface area contributed by atoms with Crippen LogP contribution in [0.15, 0.2) is 0 Å². The molecule has 24 heavy (non-hydrogen) atoms. The predicted octanol–water partition coefficient (Wildman–Crippen LogP) is 2.88. The lowest BCUT2D eigenvalue weighted by molar-refractivity contribution is -0.119. The molecule has 1 heterocycles. The molecule has 7 heteroatoms. The van der Waals surface area contributed by atoms with Crippen molar-refractivity contribution in [3.05, 3.63) is 0 Å². The zero-order valence-electron chi connectivity index (χ0n) is 15.5. The SMILES string of the molecule is CC(C)(C)OC(=O)NCC(=O)C[C@@H]1CCN(C(=O)O)[C@@H]1C(C)(C)C. The van der Waals surface area contributed by atoms with Gasteiger partial charge in [-0.3, -0.25) is 4.79 Å². The van der Waals surface area contributed by atoms with Gasteiger partial charge in [0.15, 0.2) is 5.78 Å². The summed E-state index contributed by atoms with van der Waals surface area (Å²) in [7, 11) is 0. The van der Waals surface area contributed by atoms with Gasteiger partial charge in [0.1, 0.15) is 5.60 Å². The van der Waals surface area contributed by atoms with Gasteiger partial charge in [-0.25, -0.2) is 9.59 Å². The van der Waals surface area contributed by atoms with E-state index in [2.05, 4.69) is 5.32 Å². The number of likely N-dealkylation sites (tertiary alicyclic amines) is 1. The van der Waals surface area contributed by atoms with Crippen LogP contribution in [0, 0.1) is 11.3 Å². The molecule has 0 aromatic heterocycles. The Hall–Kier alpha value is -1.79. The van der Waals surface area contributed by atoms with Crippen LogP contribution < -0.4 is 5.32 Å². The van der Waals surface area contributed by atoms with Gasteiger partial charge in [0.05, 0.1) is 6.54 Å².